The molecule has 0 amide bonds. The molecule has 0 aliphatic heterocycles. The molecule has 4 heteroatoms. The number of esters is 1. The van der Waals surface area contributed by atoms with Gasteiger partial charge in [-0.15, -0.1) is 0 Å². The van der Waals surface area contributed by atoms with Gasteiger partial charge in [-0.3, -0.25) is 10.1 Å². The monoisotopic (exact) mass is 237 g/mol. The zero-order chi connectivity index (χ0) is 12.8. The Labute approximate surface area is 102 Å². The number of nitrogens with one attached hydrogen (secondary N) is 1. The summed E-state index contributed by atoms with van der Waals surface area (Å²) in [6, 6.07) is 7.47. The molecule has 0 bridgehead atoms. The summed E-state index contributed by atoms with van der Waals surface area (Å²) < 4.78 is 9.83. The summed E-state index contributed by atoms with van der Waals surface area (Å²) in [4.78, 5) is 11.3. The summed E-state index contributed by atoms with van der Waals surface area (Å²) in [7, 11) is 3.02. The van der Waals surface area contributed by atoms with Crippen molar-refractivity contribution in [3.05, 3.63) is 29.8 Å². The second kappa shape index (κ2) is 6.25. The smallest absolute Gasteiger partial charge is 0.322 e. The van der Waals surface area contributed by atoms with Crippen LogP contribution in [0.25, 0.3) is 0 Å². The first-order chi connectivity index (χ1) is 8.08. The lowest BCUT2D eigenvalue weighted by Gasteiger charge is -2.19. The Kier molecular flexibility index (Phi) is 4.97. The largest absolute Gasteiger partial charge is 0.497 e. The SMILES string of the molecule is COC(=O)C(C)N[C@@H](C)c1cccc(OC)c1. The summed E-state index contributed by atoms with van der Waals surface area (Å²) in [5, 5.41) is 3.17. The summed E-state index contributed by atoms with van der Waals surface area (Å²) >= 11 is 0. The van der Waals surface area contributed by atoms with E-state index >= 15 is 0 Å². The zero-order valence-electron chi connectivity index (χ0n) is 10.7. The molecule has 1 unspecified atom stereocenters. The molecule has 0 saturated heterocycles. The Morgan fingerprint density at radius 3 is 2.59 bits per heavy atom. The van der Waals surface area contributed by atoms with Crippen LogP contribution in [0.5, 0.6) is 5.75 Å². The van der Waals surface area contributed by atoms with Crippen molar-refractivity contribution in [2.45, 2.75) is 25.9 Å². The zero-order valence-corrected chi connectivity index (χ0v) is 10.7. The highest BCUT2D eigenvalue weighted by molar-refractivity contribution is 5.75. The molecule has 94 valence electrons. The molecular weight excluding hydrogens is 218 g/mol. The minimum absolute atomic E-state index is 0.0548. The van der Waals surface area contributed by atoms with Crippen molar-refractivity contribution in [1.29, 1.82) is 0 Å². The number of carbonyl (C=O) groups excluding carboxylic acids is 1. The maximum Gasteiger partial charge on any atom is 0.322 e. The standard InChI is InChI=1S/C13H19NO3/c1-9(14-10(2)13(15)17-4)11-6-5-7-12(8-11)16-3/h5-10,14H,1-4H3/t9-,10?/m0/s1. The van der Waals surface area contributed by atoms with Gasteiger partial charge in [-0.1, -0.05) is 12.1 Å². The quantitative estimate of drug-likeness (QED) is 0.795. The van der Waals surface area contributed by atoms with Gasteiger partial charge in [-0.25, -0.2) is 0 Å². The lowest BCUT2D eigenvalue weighted by Crippen LogP contribution is -2.36. The van der Waals surface area contributed by atoms with Crippen LogP contribution in [-0.4, -0.2) is 26.2 Å². The van der Waals surface area contributed by atoms with Crippen molar-refractivity contribution in [1.82, 2.24) is 5.32 Å². The van der Waals surface area contributed by atoms with Gasteiger partial charge >= 0.3 is 5.97 Å². The Morgan fingerprint density at radius 1 is 1.29 bits per heavy atom. The third kappa shape index (κ3) is 3.75. The van der Waals surface area contributed by atoms with Crippen molar-refractivity contribution in [3.63, 3.8) is 0 Å². The highest BCUT2D eigenvalue weighted by atomic mass is 16.5. The average Bonchev–Trinajstić information content (AvgIpc) is 2.37. The first-order valence-corrected chi connectivity index (χ1v) is 5.56. The van der Waals surface area contributed by atoms with Gasteiger partial charge in [0.1, 0.15) is 11.8 Å². The second-order valence-corrected chi connectivity index (χ2v) is 3.91. The van der Waals surface area contributed by atoms with Gasteiger partial charge in [-0.05, 0) is 31.5 Å². The lowest BCUT2D eigenvalue weighted by atomic mass is 10.1. The van der Waals surface area contributed by atoms with Crippen molar-refractivity contribution in [2.24, 2.45) is 0 Å². The number of benzene rings is 1. The number of ether oxygens (including phenoxy) is 2. The van der Waals surface area contributed by atoms with Crippen LogP contribution in [-0.2, 0) is 9.53 Å². The summed E-state index contributed by atoms with van der Waals surface area (Å²) in [6.45, 7) is 3.77. The van der Waals surface area contributed by atoms with Crippen LogP contribution in [0.4, 0.5) is 0 Å². The van der Waals surface area contributed by atoms with Gasteiger partial charge in [0.15, 0.2) is 0 Å². The van der Waals surface area contributed by atoms with Crippen LogP contribution in [0.2, 0.25) is 0 Å². The first-order valence-electron chi connectivity index (χ1n) is 5.56. The minimum Gasteiger partial charge on any atom is -0.497 e. The number of methoxy groups -OCH3 is 2. The fourth-order valence-corrected chi connectivity index (χ4v) is 1.63. The Hall–Kier alpha value is -1.55. The Morgan fingerprint density at radius 2 is 2.00 bits per heavy atom. The predicted octanol–water partition coefficient (Wildman–Crippen LogP) is 1.91. The molecule has 17 heavy (non-hydrogen) atoms. The molecule has 0 aliphatic rings. The van der Waals surface area contributed by atoms with E-state index in [1.54, 1.807) is 14.0 Å². The molecule has 0 heterocycles. The van der Waals surface area contributed by atoms with Crippen molar-refractivity contribution in [2.75, 3.05) is 14.2 Å². The van der Waals surface area contributed by atoms with Crippen molar-refractivity contribution in [3.8, 4) is 5.75 Å². The van der Waals surface area contributed by atoms with Gasteiger partial charge < -0.3 is 9.47 Å². The van der Waals surface area contributed by atoms with Crippen LogP contribution in [0, 0.1) is 0 Å². The van der Waals surface area contributed by atoms with E-state index in [0.29, 0.717) is 0 Å². The van der Waals surface area contributed by atoms with E-state index in [-0.39, 0.29) is 18.1 Å². The molecule has 1 N–H and O–H groups in total. The van der Waals surface area contributed by atoms with E-state index < -0.39 is 0 Å². The maximum atomic E-state index is 11.3. The molecule has 0 radical (unpaired) electrons. The highest BCUT2D eigenvalue weighted by Gasteiger charge is 2.16. The fraction of sp³-hybridized carbons (Fsp3) is 0.462. The molecule has 0 fully saturated rings. The molecule has 0 saturated carbocycles. The number of hydrogen-bond donors (Lipinski definition) is 1. The molecule has 0 aromatic heterocycles. The number of carbonyl (C=O) groups is 1. The lowest BCUT2D eigenvalue weighted by molar-refractivity contribution is -0.142. The third-order valence-electron chi connectivity index (χ3n) is 2.65. The normalized spacial score (nSPS) is 13.9. The van der Waals surface area contributed by atoms with E-state index in [9.17, 15) is 4.79 Å². The van der Waals surface area contributed by atoms with E-state index in [2.05, 4.69) is 10.1 Å². The van der Waals surface area contributed by atoms with Gasteiger partial charge in [0.05, 0.1) is 14.2 Å². The van der Waals surface area contributed by atoms with Crippen LogP contribution in [0.15, 0.2) is 24.3 Å². The second-order valence-electron chi connectivity index (χ2n) is 3.91. The van der Waals surface area contributed by atoms with Gasteiger partial charge in [0.25, 0.3) is 0 Å². The molecule has 2 atom stereocenters. The van der Waals surface area contributed by atoms with E-state index in [1.165, 1.54) is 7.11 Å². The van der Waals surface area contributed by atoms with E-state index in [1.807, 2.05) is 31.2 Å². The molecular formula is C13H19NO3. The average molecular weight is 237 g/mol. The molecule has 0 aliphatic carbocycles. The minimum atomic E-state index is -0.332. The van der Waals surface area contributed by atoms with Crippen LogP contribution >= 0.6 is 0 Å². The molecule has 1 aromatic carbocycles. The van der Waals surface area contributed by atoms with Gasteiger partial charge in [0.2, 0.25) is 0 Å². The summed E-state index contributed by atoms with van der Waals surface area (Å²) in [5.41, 5.74) is 1.07. The van der Waals surface area contributed by atoms with Gasteiger partial charge in [0, 0.05) is 6.04 Å². The van der Waals surface area contributed by atoms with Crippen LogP contribution < -0.4 is 10.1 Å². The molecule has 0 spiro atoms. The highest BCUT2D eigenvalue weighted by Crippen LogP contribution is 2.19. The molecule has 1 rings (SSSR count). The van der Waals surface area contributed by atoms with Gasteiger partial charge in [-0.2, -0.15) is 0 Å². The Bertz CT molecular complexity index is 379. The maximum absolute atomic E-state index is 11.3. The topological polar surface area (TPSA) is 47.6 Å². The van der Waals surface area contributed by atoms with E-state index in [4.69, 9.17) is 4.74 Å². The summed E-state index contributed by atoms with van der Waals surface area (Å²) in [5.74, 6) is 0.543. The van der Waals surface area contributed by atoms with Crippen LogP contribution in [0.3, 0.4) is 0 Å². The molecule has 4 nitrogen and oxygen atoms in total. The predicted molar refractivity (Wildman–Crippen MR) is 66.0 cm³/mol. The van der Waals surface area contributed by atoms with E-state index in [0.717, 1.165) is 11.3 Å². The number of hydrogen-bond acceptors (Lipinski definition) is 4. The third-order valence-corrected chi connectivity index (χ3v) is 2.65. The molecule has 1 aromatic rings. The first kappa shape index (κ1) is 13.5. The Balaban J connectivity index is 2.68. The fourth-order valence-electron chi connectivity index (χ4n) is 1.63. The summed E-state index contributed by atoms with van der Waals surface area (Å²) in [6.07, 6.45) is 0. The number of rotatable bonds is 5. The van der Waals surface area contributed by atoms with Crippen LogP contribution in [0.1, 0.15) is 25.5 Å². The van der Waals surface area contributed by atoms with Crippen molar-refractivity contribution >= 4 is 5.97 Å². The van der Waals surface area contributed by atoms with Crippen molar-refractivity contribution < 1.29 is 14.3 Å².